The van der Waals surface area contributed by atoms with Crippen LogP contribution in [0.2, 0.25) is 0 Å². The van der Waals surface area contributed by atoms with E-state index in [1.54, 1.807) is 11.8 Å². The summed E-state index contributed by atoms with van der Waals surface area (Å²) in [7, 11) is 0. The van der Waals surface area contributed by atoms with E-state index in [0.717, 1.165) is 16.9 Å². The Hall–Kier alpha value is -1.32. The molecule has 3 heteroatoms. The average molecular weight is 275 g/mol. The predicted octanol–water partition coefficient (Wildman–Crippen LogP) is 4.19. The Morgan fingerprint density at radius 1 is 1.05 bits per heavy atom. The molecule has 0 heterocycles. The fraction of sp³-hybridized carbons (Fsp3) is 0.250. The highest BCUT2D eigenvalue weighted by molar-refractivity contribution is 7.98. The van der Waals surface area contributed by atoms with E-state index in [4.69, 9.17) is 5.73 Å². The topological polar surface area (TPSA) is 26.0 Å². The molecule has 0 unspecified atom stereocenters. The summed E-state index contributed by atoms with van der Waals surface area (Å²) < 4.78 is 13.1. The second-order valence-corrected chi connectivity index (χ2v) is 5.69. The largest absolute Gasteiger partial charge is 0.326 e. The molecule has 2 aromatic carbocycles. The van der Waals surface area contributed by atoms with E-state index in [2.05, 4.69) is 32.0 Å². The number of hydrogen-bond acceptors (Lipinski definition) is 2. The van der Waals surface area contributed by atoms with Gasteiger partial charge in [0, 0.05) is 17.2 Å². The van der Waals surface area contributed by atoms with E-state index < -0.39 is 0 Å². The summed E-state index contributed by atoms with van der Waals surface area (Å²) in [5.41, 5.74) is 10.2. The quantitative estimate of drug-likeness (QED) is 0.847. The molecule has 2 rings (SSSR count). The van der Waals surface area contributed by atoms with Crippen molar-refractivity contribution in [2.75, 3.05) is 0 Å². The minimum atomic E-state index is -0.222. The lowest BCUT2D eigenvalue weighted by Gasteiger charge is -2.10. The van der Waals surface area contributed by atoms with Crippen molar-refractivity contribution in [3.8, 4) is 0 Å². The molecule has 0 spiro atoms. The second kappa shape index (κ2) is 6.22. The molecule has 0 aliphatic carbocycles. The molecule has 0 amide bonds. The Balaban J connectivity index is 2.14. The Morgan fingerprint density at radius 3 is 2.53 bits per heavy atom. The molecule has 0 saturated heterocycles. The number of hydrogen-bond donors (Lipinski definition) is 1. The van der Waals surface area contributed by atoms with Crippen molar-refractivity contribution in [1.29, 1.82) is 0 Å². The third kappa shape index (κ3) is 3.58. The first-order valence-corrected chi connectivity index (χ1v) is 7.26. The van der Waals surface area contributed by atoms with E-state index in [0.29, 0.717) is 6.54 Å². The zero-order valence-corrected chi connectivity index (χ0v) is 12.1. The SMILES string of the molecule is Cc1ccc(SCc2ccc(F)cc2CN)c(C)c1. The van der Waals surface area contributed by atoms with Crippen LogP contribution in [0.25, 0.3) is 0 Å². The van der Waals surface area contributed by atoms with Crippen molar-refractivity contribution in [2.24, 2.45) is 5.73 Å². The number of benzene rings is 2. The Kier molecular flexibility index (Phi) is 4.61. The van der Waals surface area contributed by atoms with Gasteiger partial charge in [0.05, 0.1) is 0 Å². The summed E-state index contributed by atoms with van der Waals surface area (Å²) >= 11 is 1.77. The standard InChI is InChI=1S/C16H18FNS/c1-11-3-6-16(12(2)7-11)19-10-13-4-5-15(17)8-14(13)9-18/h3-8H,9-10,18H2,1-2H3. The highest BCUT2D eigenvalue weighted by Crippen LogP contribution is 2.28. The van der Waals surface area contributed by atoms with Gasteiger partial charge < -0.3 is 5.73 Å². The third-order valence-corrected chi connectivity index (χ3v) is 4.33. The van der Waals surface area contributed by atoms with Crippen LogP contribution >= 0.6 is 11.8 Å². The summed E-state index contributed by atoms with van der Waals surface area (Å²) in [6, 6.07) is 11.3. The molecule has 19 heavy (non-hydrogen) atoms. The van der Waals surface area contributed by atoms with Gasteiger partial charge in [-0.1, -0.05) is 23.8 Å². The van der Waals surface area contributed by atoms with Crippen LogP contribution in [0.4, 0.5) is 4.39 Å². The van der Waals surface area contributed by atoms with Gasteiger partial charge >= 0.3 is 0 Å². The van der Waals surface area contributed by atoms with Gasteiger partial charge in [0.25, 0.3) is 0 Å². The predicted molar refractivity (Wildman–Crippen MR) is 79.8 cm³/mol. The van der Waals surface area contributed by atoms with Crippen molar-refractivity contribution in [1.82, 2.24) is 0 Å². The number of thioether (sulfide) groups is 1. The molecule has 2 N–H and O–H groups in total. The van der Waals surface area contributed by atoms with Crippen molar-refractivity contribution in [2.45, 2.75) is 31.0 Å². The number of rotatable bonds is 4. The smallest absolute Gasteiger partial charge is 0.123 e. The lowest BCUT2D eigenvalue weighted by molar-refractivity contribution is 0.624. The Labute approximate surface area is 118 Å². The molecule has 0 aliphatic heterocycles. The molecule has 0 radical (unpaired) electrons. The van der Waals surface area contributed by atoms with Crippen molar-refractivity contribution in [3.63, 3.8) is 0 Å². The molecular formula is C16H18FNS. The molecule has 0 aliphatic rings. The van der Waals surface area contributed by atoms with Gasteiger partial charge in [-0.05, 0) is 48.7 Å². The van der Waals surface area contributed by atoms with Crippen molar-refractivity contribution < 1.29 is 4.39 Å². The first-order valence-electron chi connectivity index (χ1n) is 6.27. The number of aryl methyl sites for hydroxylation is 2. The second-order valence-electron chi connectivity index (χ2n) is 4.67. The molecule has 0 saturated carbocycles. The van der Waals surface area contributed by atoms with Crippen LogP contribution in [0.15, 0.2) is 41.3 Å². The van der Waals surface area contributed by atoms with Gasteiger partial charge in [-0.25, -0.2) is 4.39 Å². The van der Waals surface area contributed by atoms with Crippen LogP contribution in [0.3, 0.4) is 0 Å². The molecule has 0 aromatic heterocycles. The molecular weight excluding hydrogens is 257 g/mol. The fourth-order valence-corrected chi connectivity index (χ4v) is 3.09. The Morgan fingerprint density at radius 2 is 1.84 bits per heavy atom. The third-order valence-electron chi connectivity index (χ3n) is 3.10. The summed E-state index contributed by atoms with van der Waals surface area (Å²) in [5.74, 6) is 0.595. The van der Waals surface area contributed by atoms with Gasteiger partial charge in [0.15, 0.2) is 0 Å². The van der Waals surface area contributed by atoms with Gasteiger partial charge in [0.2, 0.25) is 0 Å². The van der Waals surface area contributed by atoms with Gasteiger partial charge in [-0.15, -0.1) is 11.8 Å². The van der Waals surface area contributed by atoms with Crippen LogP contribution < -0.4 is 5.73 Å². The maximum absolute atomic E-state index is 13.1. The average Bonchev–Trinajstić information content (AvgIpc) is 2.39. The van der Waals surface area contributed by atoms with Crippen molar-refractivity contribution >= 4 is 11.8 Å². The lowest BCUT2D eigenvalue weighted by Crippen LogP contribution is -2.01. The normalized spacial score (nSPS) is 10.7. The summed E-state index contributed by atoms with van der Waals surface area (Å²) in [4.78, 5) is 1.26. The zero-order valence-electron chi connectivity index (χ0n) is 11.2. The molecule has 0 fully saturated rings. The number of nitrogens with two attached hydrogens (primary N) is 1. The van der Waals surface area contributed by atoms with E-state index >= 15 is 0 Å². The van der Waals surface area contributed by atoms with E-state index in [1.165, 1.54) is 28.2 Å². The van der Waals surface area contributed by atoms with Gasteiger partial charge in [-0.2, -0.15) is 0 Å². The van der Waals surface area contributed by atoms with E-state index in [-0.39, 0.29) is 5.82 Å². The van der Waals surface area contributed by atoms with Crippen LogP contribution in [-0.2, 0) is 12.3 Å². The summed E-state index contributed by atoms with van der Waals surface area (Å²) in [6.07, 6.45) is 0. The Bertz CT molecular complexity index is 581. The molecule has 0 atom stereocenters. The minimum Gasteiger partial charge on any atom is -0.326 e. The van der Waals surface area contributed by atoms with Crippen LogP contribution in [0, 0.1) is 19.7 Å². The summed E-state index contributed by atoms with van der Waals surface area (Å²) in [6.45, 7) is 4.58. The monoisotopic (exact) mass is 275 g/mol. The van der Waals surface area contributed by atoms with Crippen molar-refractivity contribution in [3.05, 3.63) is 64.5 Å². The molecule has 2 aromatic rings. The maximum atomic E-state index is 13.1. The van der Waals surface area contributed by atoms with Crippen LogP contribution in [-0.4, -0.2) is 0 Å². The van der Waals surface area contributed by atoms with E-state index in [1.807, 2.05) is 6.07 Å². The molecule has 100 valence electrons. The lowest BCUT2D eigenvalue weighted by atomic mass is 10.1. The first kappa shape index (κ1) is 14.1. The summed E-state index contributed by atoms with van der Waals surface area (Å²) in [5, 5.41) is 0. The molecule has 1 nitrogen and oxygen atoms in total. The minimum absolute atomic E-state index is 0.222. The molecule has 0 bridgehead atoms. The van der Waals surface area contributed by atoms with Crippen LogP contribution in [0.1, 0.15) is 22.3 Å². The fourth-order valence-electron chi connectivity index (χ4n) is 2.04. The van der Waals surface area contributed by atoms with Gasteiger partial charge in [0.1, 0.15) is 5.82 Å². The highest BCUT2D eigenvalue weighted by Gasteiger charge is 2.05. The highest BCUT2D eigenvalue weighted by atomic mass is 32.2. The van der Waals surface area contributed by atoms with Crippen LogP contribution in [0.5, 0.6) is 0 Å². The van der Waals surface area contributed by atoms with E-state index in [9.17, 15) is 4.39 Å². The number of halogens is 1. The first-order chi connectivity index (χ1) is 9.10. The maximum Gasteiger partial charge on any atom is 0.123 e. The van der Waals surface area contributed by atoms with Gasteiger partial charge in [-0.3, -0.25) is 0 Å². The zero-order chi connectivity index (χ0) is 13.8.